The van der Waals surface area contributed by atoms with Crippen LogP contribution in [0.25, 0.3) is 5.65 Å². The van der Waals surface area contributed by atoms with Crippen LogP contribution in [0.1, 0.15) is 10.7 Å². The zero-order valence-electron chi connectivity index (χ0n) is 11.4. The Bertz CT molecular complexity index is 717. The standard InChI is InChI=1S/C13H16N6S/c1-9-8-20-11(17-9)3-4-15-12-13-16-5-6-19(13)7-10(14-2)18-12/h5-8,14H,3-4H2,1-2H3,(H,15,18). The van der Waals surface area contributed by atoms with Crippen LogP contribution >= 0.6 is 11.3 Å². The lowest BCUT2D eigenvalue weighted by Crippen LogP contribution is -2.09. The van der Waals surface area contributed by atoms with Crippen LogP contribution < -0.4 is 10.6 Å². The summed E-state index contributed by atoms with van der Waals surface area (Å²) in [6.07, 6.45) is 6.48. The van der Waals surface area contributed by atoms with E-state index in [2.05, 4.69) is 31.0 Å². The van der Waals surface area contributed by atoms with Crippen molar-refractivity contribution in [3.8, 4) is 0 Å². The third-order valence-electron chi connectivity index (χ3n) is 2.93. The molecule has 3 aromatic heterocycles. The molecule has 2 N–H and O–H groups in total. The molecule has 20 heavy (non-hydrogen) atoms. The van der Waals surface area contributed by atoms with E-state index in [0.29, 0.717) is 0 Å². The van der Waals surface area contributed by atoms with E-state index in [9.17, 15) is 0 Å². The summed E-state index contributed by atoms with van der Waals surface area (Å²) in [4.78, 5) is 13.3. The second kappa shape index (κ2) is 5.46. The smallest absolute Gasteiger partial charge is 0.180 e. The third-order valence-corrected chi connectivity index (χ3v) is 3.95. The SMILES string of the molecule is CNc1cn2ccnc2c(NCCc2nc(C)cs2)n1. The van der Waals surface area contributed by atoms with Gasteiger partial charge >= 0.3 is 0 Å². The van der Waals surface area contributed by atoms with E-state index in [1.54, 1.807) is 17.5 Å². The van der Waals surface area contributed by atoms with Gasteiger partial charge in [-0.2, -0.15) is 0 Å². The summed E-state index contributed by atoms with van der Waals surface area (Å²) in [5, 5.41) is 9.60. The van der Waals surface area contributed by atoms with E-state index in [0.717, 1.165) is 41.0 Å². The van der Waals surface area contributed by atoms with Gasteiger partial charge in [0.25, 0.3) is 0 Å². The summed E-state index contributed by atoms with van der Waals surface area (Å²) in [6.45, 7) is 2.80. The first kappa shape index (κ1) is 12.9. The van der Waals surface area contributed by atoms with Crippen molar-refractivity contribution in [3.63, 3.8) is 0 Å². The Balaban J connectivity index is 1.74. The van der Waals surface area contributed by atoms with Crippen LogP contribution in [0.15, 0.2) is 24.0 Å². The van der Waals surface area contributed by atoms with Crippen molar-refractivity contribution in [1.82, 2.24) is 19.4 Å². The molecule has 0 aromatic carbocycles. The van der Waals surface area contributed by atoms with Gasteiger partial charge in [0.1, 0.15) is 5.82 Å². The highest BCUT2D eigenvalue weighted by molar-refractivity contribution is 7.09. The molecule has 0 atom stereocenters. The molecule has 3 heterocycles. The Morgan fingerprint density at radius 2 is 2.25 bits per heavy atom. The Hall–Kier alpha value is -2.15. The first-order valence-corrected chi connectivity index (χ1v) is 7.30. The fourth-order valence-corrected chi connectivity index (χ4v) is 2.75. The number of nitrogens with one attached hydrogen (secondary N) is 2. The number of anilines is 2. The van der Waals surface area contributed by atoms with Gasteiger partial charge in [0.15, 0.2) is 11.5 Å². The van der Waals surface area contributed by atoms with Crippen LogP contribution in [0.3, 0.4) is 0 Å². The minimum Gasteiger partial charge on any atom is -0.372 e. The van der Waals surface area contributed by atoms with Crippen LogP contribution in [0, 0.1) is 6.92 Å². The first-order chi connectivity index (χ1) is 9.76. The molecule has 0 fully saturated rings. The predicted octanol–water partition coefficient (Wildman–Crippen LogP) is 2.19. The lowest BCUT2D eigenvalue weighted by Gasteiger charge is -2.08. The lowest BCUT2D eigenvalue weighted by molar-refractivity contribution is 0.973. The number of aromatic nitrogens is 4. The van der Waals surface area contributed by atoms with E-state index in [-0.39, 0.29) is 0 Å². The lowest BCUT2D eigenvalue weighted by atomic mass is 10.4. The van der Waals surface area contributed by atoms with Gasteiger partial charge in [-0.05, 0) is 6.92 Å². The summed E-state index contributed by atoms with van der Waals surface area (Å²) in [5.74, 6) is 1.60. The average Bonchev–Trinajstić information content (AvgIpc) is 3.07. The van der Waals surface area contributed by atoms with Crippen molar-refractivity contribution >= 4 is 28.6 Å². The summed E-state index contributed by atoms with van der Waals surface area (Å²) in [6, 6.07) is 0. The monoisotopic (exact) mass is 288 g/mol. The third kappa shape index (κ3) is 2.57. The quantitative estimate of drug-likeness (QED) is 0.753. The maximum absolute atomic E-state index is 4.51. The zero-order chi connectivity index (χ0) is 13.9. The molecule has 0 unspecified atom stereocenters. The fraction of sp³-hybridized carbons (Fsp3) is 0.308. The van der Waals surface area contributed by atoms with Gasteiger partial charge in [0, 0.05) is 43.5 Å². The number of aryl methyl sites for hydroxylation is 1. The number of thiazole rings is 1. The van der Waals surface area contributed by atoms with Crippen LogP contribution in [-0.2, 0) is 6.42 Å². The Morgan fingerprint density at radius 1 is 1.35 bits per heavy atom. The Labute approximate surface area is 120 Å². The number of imidazole rings is 1. The Kier molecular flexibility index (Phi) is 3.51. The largest absolute Gasteiger partial charge is 0.372 e. The van der Waals surface area contributed by atoms with Crippen molar-refractivity contribution in [2.45, 2.75) is 13.3 Å². The van der Waals surface area contributed by atoms with Gasteiger partial charge in [-0.15, -0.1) is 11.3 Å². The molecular formula is C13H16N6S. The predicted molar refractivity (Wildman–Crippen MR) is 81.6 cm³/mol. The highest BCUT2D eigenvalue weighted by Gasteiger charge is 2.07. The van der Waals surface area contributed by atoms with Crippen LogP contribution in [-0.4, -0.2) is 32.9 Å². The number of fused-ring (bicyclic) bond motifs is 1. The minimum absolute atomic E-state index is 0.787. The van der Waals surface area contributed by atoms with Crippen LogP contribution in [0.2, 0.25) is 0 Å². The van der Waals surface area contributed by atoms with E-state index in [1.807, 2.05) is 30.8 Å². The molecule has 7 heteroatoms. The summed E-state index contributed by atoms with van der Waals surface area (Å²) in [7, 11) is 1.85. The maximum Gasteiger partial charge on any atom is 0.180 e. The van der Waals surface area contributed by atoms with Crippen LogP contribution in [0.5, 0.6) is 0 Å². The van der Waals surface area contributed by atoms with E-state index < -0.39 is 0 Å². The summed E-state index contributed by atoms with van der Waals surface area (Å²) in [5.41, 5.74) is 1.91. The highest BCUT2D eigenvalue weighted by Crippen LogP contribution is 2.16. The molecule has 6 nitrogen and oxygen atoms in total. The summed E-state index contributed by atoms with van der Waals surface area (Å²) < 4.78 is 1.95. The highest BCUT2D eigenvalue weighted by atomic mass is 32.1. The first-order valence-electron chi connectivity index (χ1n) is 6.42. The van der Waals surface area contributed by atoms with Gasteiger partial charge < -0.3 is 15.0 Å². The average molecular weight is 288 g/mol. The van der Waals surface area contributed by atoms with Gasteiger partial charge in [-0.1, -0.05) is 0 Å². The molecule has 0 aliphatic rings. The molecule has 104 valence electrons. The van der Waals surface area contributed by atoms with Crippen LogP contribution in [0.4, 0.5) is 11.6 Å². The van der Waals surface area contributed by atoms with Crippen molar-refractivity contribution in [1.29, 1.82) is 0 Å². The molecular weight excluding hydrogens is 272 g/mol. The molecule has 0 radical (unpaired) electrons. The van der Waals surface area contributed by atoms with Gasteiger partial charge in [-0.3, -0.25) is 0 Å². The second-order valence-electron chi connectivity index (χ2n) is 4.44. The minimum atomic E-state index is 0.787. The zero-order valence-corrected chi connectivity index (χ0v) is 12.2. The fourth-order valence-electron chi connectivity index (χ4n) is 1.98. The van der Waals surface area contributed by atoms with E-state index in [1.165, 1.54) is 0 Å². The molecule has 0 saturated heterocycles. The number of hydrogen-bond acceptors (Lipinski definition) is 6. The van der Waals surface area contributed by atoms with Crippen molar-refractivity contribution in [2.75, 3.05) is 24.2 Å². The van der Waals surface area contributed by atoms with E-state index >= 15 is 0 Å². The number of hydrogen-bond donors (Lipinski definition) is 2. The maximum atomic E-state index is 4.51. The topological polar surface area (TPSA) is 67.1 Å². The molecule has 0 saturated carbocycles. The molecule has 0 bridgehead atoms. The second-order valence-corrected chi connectivity index (χ2v) is 5.38. The van der Waals surface area contributed by atoms with Gasteiger partial charge in [0.2, 0.25) is 0 Å². The molecule has 0 aliphatic heterocycles. The number of rotatable bonds is 5. The van der Waals surface area contributed by atoms with Gasteiger partial charge in [0.05, 0.1) is 11.2 Å². The molecule has 3 aromatic rings. The van der Waals surface area contributed by atoms with Crippen molar-refractivity contribution in [3.05, 3.63) is 34.7 Å². The molecule has 0 aliphatic carbocycles. The normalized spacial score (nSPS) is 10.9. The number of nitrogens with zero attached hydrogens (tertiary/aromatic N) is 4. The van der Waals surface area contributed by atoms with Gasteiger partial charge in [-0.25, -0.2) is 15.0 Å². The van der Waals surface area contributed by atoms with Crippen molar-refractivity contribution in [2.24, 2.45) is 0 Å². The van der Waals surface area contributed by atoms with E-state index in [4.69, 9.17) is 0 Å². The molecule has 3 rings (SSSR count). The molecule has 0 amide bonds. The summed E-state index contributed by atoms with van der Waals surface area (Å²) >= 11 is 1.69. The molecule has 0 spiro atoms. The Morgan fingerprint density at radius 3 is 3.00 bits per heavy atom. The van der Waals surface area contributed by atoms with Crippen molar-refractivity contribution < 1.29 is 0 Å².